The molecule has 0 spiro atoms. The third kappa shape index (κ3) is 5.06. The first-order valence-corrected chi connectivity index (χ1v) is 6.77. The van der Waals surface area contributed by atoms with Crippen molar-refractivity contribution in [3.63, 3.8) is 0 Å². The van der Waals surface area contributed by atoms with Gasteiger partial charge in [-0.2, -0.15) is 0 Å². The Hall–Kier alpha value is -1.07. The number of nitrogens with one attached hydrogen (secondary N) is 2. The number of hydrogen-bond donors (Lipinski definition) is 2. The van der Waals surface area contributed by atoms with Crippen LogP contribution in [-0.2, 0) is 4.79 Å². The first kappa shape index (κ1) is 15.0. The molecule has 1 aromatic rings. The topological polar surface area (TPSA) is 58.2 Å². The molecule has 1 aromatic carbocycles. The third-order valence-corrected chi connectivity index (χ3v) is 3.01. The second kappa shape index (κ2) is 7.38. The summed E-state index contributed by atoms with van der Waals surface area (Å²) in [6, 6.07) is 6.89. The SMILES string of the molecule is CC(NC(=O)NC(=O)CCCl)c1ccc(Br)cc1. The van der Waals surface area contributed by atoms with Gasteiger partial charge in [0.15, 0.2) is 0 Å². The quantitative estimate of drug-likeness (QED) is 0.832. The molecule has 98 valence electrons. The van der Waals surface area contributed by atoms with E-state index in [0.29, 0.717) is 0 Å². The Balaban J connectivity index is 2.49. The molecule has 0 saturated heterocycles. The average Bonchev–Trinajstić information content (AvgIpc) is 2.29. The van der Waals surface area contributed by atoms with Gasteiger partial charge in [-0.25, -0.2) is 4.79 Å². The Morgan fingerprint density at radius 2 is 1.94 bits per heavy atom. The van der Waals surface area contributed by atoms with Gasteiger partial charge in [-0.05, 0) is 24.6 Å². The molecule has 0 radical (unpaired) electrons. The molecule has 3 amide bonds. The maximum atomic E-state index is 11.5. The second-order valence-corrected chi connectivity index (χ2v) is 5.03. The van der Waals surface area contributed by atoms with Crippen LogP contribution in [0.15, 0.2) is 28.7 Å². The fourth-order valence-corrected chi connectivity index (χ4v) is 1.78. The normalized spacial score (nSPS) is 11.7. The molecule has 0 heterocycles. The number of carbonyl (C=O) groups is 2. The minimum absolute atomic E-state index is 0.127. The van der Waals surface area contributed by atoms with Crippen LogP contribution < -0.4 is 10.6 Å². The van der Waals surface area contributed by atoms with Gasteiger partial charge in [0, 0.05) is 16.8 Å². The first-order chi connectivity index (χ1) is 8.52. The molecule has 0 aromatic heterocycles. The smallest absolute Gasteiger partial charge is 0.321 e. The number of urea groups is 1. The highest BCUT2D eigenvalue weighted by atomic mass is 79.9. The number of halogens is 2. The molecule has 0 aliphatic carbocycles. The molecule has 18 heavy (non-hydrogen) atoms. The molecule has 1 atom stereocenters. The molecule has 1 unspecified atom stereocenters. The summed E-state index contributed by atoms with van der Waals surface area (Å²) in [6.45, 7) is 1.84. The van der Waals surface area contributed by atoms with E-state index in [1.165, 1.54) is 0 Å². The van der Waals surface area contributed by atoms with E-state index in [9.17, 15) is 9.59 Å². The second-order valence-electron chi connectivity index (χ2n) is 3.73. The van der Waals surface area contributed by atoms with E-state index >= 15 is 0 Å². The summed E-state index contributed by atoms with van der Waals surface area (Å²) in [4.78, 5) is 22.6. The number of alkyl halides is 1. The zero-order valence-electron chi connectivity index (χ0n) is 9.87. The summed E-state index contributed by atoms with van der Waals surface area (Å²) in [5, 5.41) is 4.89. The third-order valence-electron chi connectivity index (χ3n) is 2.29. The van der Waals surface area contributed by atoms with Crippen molar-refractivity contribution in [1.29, 1.82) is 0 Å². The van der Waals surface area contributed by atoms with Gasteiger partial charge in [-0.1, -0.05) is 28.1 Å². The van der Waals surface area contributed by atoms with E-state index < -0.39 is 6.03 Å². The van der Waals surface area contributed by atoms with E-state index in [2.05, 4.69) is 26.6 Å². The van der Waals surface area contributed by atoms with Crippen LogP contribution in [0.25, 0.3) is 0 Å². The molecule has 1 rings (SSSR count). The number of amides is 3. The van der Waals surface area contributed by atoms with Crippen LogP contribution in [0, 0.1) is 0 Å². The highest BCUT2D eigenvalue weighted by Gasteiger charge is 2.11. The van der Waals surface area contributed by atoms with Gasteiger partial charge in [0.2, 0.25) is 5.91 Å². The van der Waals surface area contributed by atoms with Crippen LogP contribution in [0.1, 0.15) is 24.9 Å². The Morgan fingerprint density at radius 3 is 2.50 bits per heavy atom. The van der Waals surface area contributed by atoms with Gasteiger partial charge in [-0.3, -0.25) is 10.1 Å². The highest BCUT2D eigenvalue weighted by Crippen LogP contribution is 2.16. The Labute approximate surface area is 119 Å². The van der Waals surface area contributed by atoms with Crippen molar-refractivity contribution < 1.29 is 9.59 Å². The van der Waals surface area contributed by atoms with Crippen molar-refractivity contribution in [3.05, 3.63) is 34.3 Å². The molecule has 6 heteroatoms. The summed E-state index contributed by atoms with van der Waals surface area (Å²) >= 11 is 8.74. The van der Waals surface area contributed by atoms with Gasteiger partial charge >= 0.3 is 6.03 Å². The van der Waals surface area contributed by atoms with Crippen LogP contribution in [0.2, 0.25) is 0 Å². The Morgan fingerprint density at radius 1 is 1.33 bits per heavy atom. The molecule has 0 saturated carbocycles. The van der Waals surface area contributed by atoms with Crippen molar-refractivity contribution >= 4 is 39.5 Å². The molecule has 0 aliphatic rings. The molecule has 4 nitrogen and oxygen atoms in total. The predicted octanol–water partition coefficient (Wildman–Crippen LogP) is 2.96. The highest BCUT2D eigenvalue weighted by molar-refractivity contribution is 9.10. The van der Waals surface area contributed by atoms with Crippen LogP contribution in [0.5, 0.6) is 0 Å². The lowest BCUT2D eigenvalue weighted by Crippen LogP contribution is -2.40. The number of imide groups is 1. The lowest BCUT2D eigenvalue weighted by atomic mass is 10.1. The number of benzene rings is 1. The van der Waals surface area contributed by atoms with E-state index in [4.69, 9.17) is 11.6 Å². The van der Waals surface area contributed by atoms with Crippen molar-refractivity contribution in [2.75, 3.05) is 5.88 Å². The maximum absolute atomic E-state index is 11.5. The van der Waals surface area contributed by atoms with Crippen LogP contribution in [0.4, 0.5) is 4.79 Å². The predicted molar refractivity (Wildman–Crippen MR) is 74.6 cm³/mol. The first-order valence-electron chi connectivity index (χ1n) is 5.44. The van der Waals surface area contributed by atoms with Crippen LogP contribution in [-0.4, -0.2) is 17.8 Å². The van der Waals surface area contributed by atoms with Crippen molar-refractivity contribution in [2.45, 2.75) is 19.4 Å². The summed E-state index contributed by atoms with van der Waals surface area (Å²) in [5.74, 6) is -0.188. The molecule has 0 bridgehead atoms. The fraction of sp³-hybridized carbons (Fsp3) is 0.333. The lowest BCUT2D eigenvalue weighted by molar-refractivity contribution is -0.119. The zero-order chi connectivity index (χ0) is 13.5. The summed E-state index contributed by atoms with van der Waals surface area (Å²) < 4.78 is 0.972. The minimum atomic E-state index is -0.513. The standard InChI is InChI=1S/C12H14BrClN2O2/c1-8(9-2-4-10(13)5-3-9)15-12(18)16-11(17)6-7-14/h2-5,8H,6-7H2,1H3,(H2,15,16,17,18). The summed E-state index contributed by atoms with van der Waals surface area (Å²) in [5.41, 5.74) is 0.957. The Kier molecular flexibility index (Phi) is 6.15. The zero-order valence-corrected chi connectivity index (χ0v) is 12.2. The van der Waals surface area contributed by atoms with Gasteiger partial charge in [0.1, 0.15) is 0 Å². The Bertz CT molecular complexity index is 423. The van der Waals surface area contributed by atoms with Gasteiger partial charge in [-0.15, -0.1) is 11.6 Å². The van der Waals surface area contributed by atoms with Crippen molar-refractivity contribution in [2.24, 2.45) is 0 Å². The van der Waals surface area contributed by atoms with Crippen LogP contribution >= 0.6 is 27.5 Å². The van der Waals surface area contributed by atoms with E-state index in [1.54, 1.807) is 0 Å². The number of hydrogen-bond acceptors (Lipinski definition) is 2. The molecule has 0 aliphatic heterocycles. The van der Waals surface area contributed by atoms with E-state index in [0.717, 1.165) is 10.0 Å². The minimum Gasteiger partial charge on any atom is -0.331 e. The largest absolute Gasteiger partial charge is 0.331 e. The van der Waals surface area contributed by atoms with E-state index in [-0.39, 0.29) is 24.2 Å². The average molecular weight is 334 g/mol. The molecule has 0 fully saturated rings. The monoisotopic (exact) mass is 332 g/mol. The summed E-state index contributed by atoms with van der Waals surface area (Å²) in [7, 11) is 0. The van der Waals surface area contributed by atoms with Crippen molar-refractivity contribution in [3.8, 4) is 0 Å². The number of carbonyl (C=O) groups excluding carboxylic acids is 2. The fourth-order valence-electron chi connectivity index (χ4n) is 1.34. The maximum Gasteiger partial charge on any atom is 0.321 e. The van der Waals surface area contributed by atoms with Crippen LogP contribution in [0.3, 0.4) is 0 Å². The number of rotatable bonds is 4. The summed E-state index contributed by atoms with van der Waals surface area (Å²) in [6.07, 6.45) is 0.127. The van der Waals surface area contributed by atoms with Gasteiger partial charge in [0.05, 0.1) is 6.04 Å². The molecule has 2 N–H and O–H groups in total. The molecular weight excluding hydrogens is 320 g/mol. The lowest BCUT2D eigenvalue weighted by Gasteiger charge is -2.14. The molecular formula is C12H14BrClN2O2. The van der Waals surface area contributed by atoms with Crippen molar-refractivity contribution in [1.82, 2.24) is 10.6 Å². The van der Waals surface area contributed by atoms with Gasteiger partial charge in [0.25, 0.3) is 0 Å². The van der Waals surface area contributed by atoms with Gasteiger partial charge < -0.3 is 5.32 Å². The van der Waals surface area contributed by atoms with E-state index in [1.807, 2.05) is 31.2 Å².